The minimum atomic E-state index is -0.239. The molecule has 0 amide bonds. The lowest BCUT2D eigenvalue weighted by Gasteiger charge is -2.26. The monoisotopic (exact) mass is 303 g/mol. The molecular formula is C18H22ClNO. The quantitative estimate of drug-likeness (QED) is 0.835. The number of rotatable bonds is 6. The molecule has 0 heterocycles. The summed E-state index contributed by atoms with van der Waals surface area (Å²) in [6.07, 6.45) is 1.51. The Morgan fingerprint density at radius 1 is 1.05 bits per heavy atom. The molecule has 0 aromatic heterocycles. The van der Waals surface area contributed by atoms with Crippen molar-refractivity contribution < 1.29 is 4.74 Å². The third-order valence-corrected chi connectivity index (χ3v) is 4.02. The van der Waals surface area contributed by atoms with Crippen molar-refractivity contribution in [1.82, 2.24) is 0 Å². The molecule has 0 fully saturated rings. The number of nitrogens with two attached hydrogens (primary N) is 1. The standard InChI is InChI=1S/C18H22ClNO/c1-3-13-9-5-8-12-17(13)21-18(16(20)4-2)14-10-6-7-11-15(14)19/h5-12,16,18H,3-4,20H2,1-2H3. The topological polar surface area (TPSA) is 35.2 Å². The summed E-state index contributed by atoms with van der Waals surface area (Å²) in [7, 11) is 0. The molecule has 21 heavy (non-hydrogen) atoms. The van der Waals surface area contributed by atoms with E-state index < -0.39 is 0 Å². The third kappa shape index (κ3) is 3.78. The molecule has 112 valence electrons. The van der Waals surface area contributed by atoms with E-state index in [1.807, 2.05) is 42.5 Å². The summed E-state index contributed by atoms with van der Waals surface area (Å²) in [6, 6.07) is 15.7. The van der Waals surface area contributed by atoms with Crippen molar-refractivity contribution in [2.45, 2.75) is 38.8 Å². The first-order valence-corrected chi connectivity index (χ1v) is 7.79. The molecule has 2 nitrogen and oxygen atoms in total. The van der Waals surface area contributed by atoms with E-state index in [9.17, 15) is 0 Å². The molecule has 2 rings (SSSR count). The summed E-state index contributed by atoms with van der Waals surface area (Å²) in [5.41, 5.74) is 8.40. The highest BCUT2D eigenvalue weighted by Gasteiger charge is 2.23. The van der Waals surface area contributed by atoms with Crippen LogP contribution in [0, 0.1) is 0 Å². The predicted molar refractivity (Wildman–Crippen MR) is 88.9 cm³/mol. The largest absolute Gasteiger partial charge is 0.484 e. The van der Waals surface area contributed by atoms with Crippen LogP contribution in [0.3, 0.4) is 0 Å². The SMILES string of the molecule is CCc1ccccc1OC(c1ccccc1Cl)C(N)CC. The summed E-state index contributed by atoms with van der Waals surface area (Å²) >= 11 is 6.32. The van der Waals surface area contributed by atoms with Crippen molar-refractivity contribution in [3.8, 4) is 5.75 Å². The minimum Gasteiger partial charge on any atom is -0.484 e. The number of hydrogen-bond donors (Lipinski definition) is 1. The van der Waals surface area contributed by atoms with E-state index in [1.165, 1.54) is 5.56 Å². The van der Waals surface area contributed by atoms with Crippen LogP contribution in [0.25, 0.3) is 0 Å². The van der Waals surface area contributed by atoms with Gasteiger partial charge in [-0.3, -0.25) is 0 Å². The van der Waals surface area contributed by atoms with Crippen molar-refractivity contribution in [3.05, 3.63) is 64.7 Å². The Morgan fingerprint density at radius 2 is 1.71 bits per heavy atom. The second-order valence-electron chi connectivity index (χ2n) is 5.09. The fourth-order valence-electron chi connectivity index (χ4n) is 2.35. The van der Waals surface area contributed by atoms with E-state index in [-0.39, 0.29) is 12.1 Å². The lowest BCUT2D eigenvalue weighted by atomic mass is 10.0. The highest BCUT2D eigenvalue weighted by molar-refractivity contribution is 6.31. The average molecular weight is 304 g/mol. The molecular weight excluding hydrogens is 282 g/mol. The van der Waals surface area contributed by atoms with Crippen LogP contribution in [0.1, 0.15) is 37.5 Å². The van der Waals surface area contributed by atoms with Crippen LogP contribution in [0.15, 0.2) is 48.5 Å². The van der Waals surface area contributed by atoms with E-state index in [4.69, 9.17) is 22.1 Å². The maximum Gasteiger partial charge on any atom is 0.140 e. The predicted octanol–water partition coefficient (Wildman–Crippen LogP) is 4.76. The Bertz CT molecular complexity index is 585. The zero-order valence-electron chi connectivity index (χ0n) is 12.6. The molecule has 0 saturated heterocycles. The van der Waals surface area contributed by atoms with Gasteiger partial charge >= 0.3 is 0 Å². The number of para-hydroxylation sites is 1. The number of benzene rings is 2. The average Bonchev–Trinajstić information content (AvgIpc) is 2.53. The molecule has 0 saturated carbocycles. The van der Waals surface area contributed by atoms with Gasteiger partial charge in [0.2, 0.25) is 0 Å². The van der Waals surface area contributed by atoms with Crippen LogP contribution >= 0.6 is 11.6 Å². The van der Waals surface area contributed by atoms with Crippen LogP contribution in [0.5, 0.6) is 5.75 Å². The molecule has 2 aromatic rings. The molecule has 0 spiro atoms. The fraction of sp³-hybridized carbons (Fsp3) is 0.333. The van der Waals surface area contributed by atoms with Crippen molar-refractivity contribution in [3.63, 3.8) is 0 Å². The highest BCUT2D eigenvalue weighted by Crippen LogP contribution is 2.32. The van der Waals surface area contributed by atoms with E-state index in [0.717, 1.165) is 24.2 Å². The van der Waals surface area contributed by atoms with Gasteiger partial charge in [-0.05, 0) is 30.5 Å². The van der Waals surface area contributed by atoms with Crippen LogP contribution in [0.2, 0.25) is 5.02 Å². The number of aryl methyl sites for hydroxylation is 1. The molecule has 2 aromatic carbocycles. The molecule has 2 atom stereocenters. The van der Waals surface area contributed by atoms with Crippen LogP contribution in [0.4, 0.5) is 0 Å². The van der Waals surface area contributed by atoms with E-state index in [2.05, 4.69) is 19.9 Å². The van der Waals surface area contributed by atoms with Gasteiger partial charge in [-0.25, -0.2) is 0 Å². The number of hydrogen-bond acceptors (Lipinski definition) is 2. The van der Waals surface area contributed by atoms with Crippen molar-refractivity contribution in [2.24, 2.45) is 5.73 Å². The Balaban J connectivity index is 2.36. The smallest absolute Gasteiger partial charge is 0.140 e. The first-order valence-electron chi connectivity index (χ1n) is 7.41. The summed E-state index contributed by atoms with van der Waals surface area (Å²) in [5.74, 6) is 0.883. The minimum absolute atomic E-state index is 0.102. The molecule has 0 radical (unpaired) electrons. The van der Waals surface area contributed by atoms with Crippen LogP contribution in [-0.2, 0) is 6.42 Å². The zero-order chi connectivity index (χ0) is 15.2. The molecule has 3 heteroatoms. The fourth-order valence-corrected chi connectivity index (χ4v) is 2.59. The van der Waals surface area contributed by atoms with Crippen LogP contribution in [-0.4, -0.2) is 6.04 Å². The molecule has 0 aliphatic heterocycles. The number of ether oxygens (including phenoxy) is 1. The molecule has 2 unspecified atom stereocenters. The van der Waals surface area contributed by atoms with Gasteiger partial charge < -0.3 is 10.5 Å². The van der Waals surface area contributed by atoms with E-state index >= 15 is 0 Å². The lowest BCUT2D eigenvalue weighted by Crippen LogP contribution is -2.31. The van der Waals surface area contributed by atoms with Crippen molar-refractivity contribution in [1.29, 1.82) is 0 Å². The third-order valence-electron chi connectivity index (χ3n) is 3.68. The molecule has 0 aliphatic carbocycles. The normalized spacial score (nSPS) is 13.7. The van der Waals surface area contributed by atoms with Gasteiger partial charge in [0, 0.05) is 16.6 Å². The van der Waals surface area contributed by atoms with Gasteiger partial charge in [0.15, 0.2) is 0 Å². The van der Waals surface area contributed by atoms with Gasteiger partial charge in [0.25, 0.3) is 0 Å². The second-order valence-corrected chi connectivity index (χ2v) is 5.50. The van der Waals surface area contributed by atoms with Gasteiger partial charge in [0.1, 0.15) is 11.9 Å². The first-order chi connectivity index (χ1) is 10.2. The van der Waals surface area contributed by atoms with E-state index in [0.29, 0.717) is 5.02 Å². The maximum atomic E-state index is 6.32. The first kappa shape index (κ1) is 15.9. The Hall–Kier alpha value is -1.51. The summed E-state index contributed by atoms with van der Waals surface area (Å²) in [5, 5.41) is 0.695. The van der Waals surface area contributed by atoms with Crippen LogP contribution < -0.4 is 10.5 Å². The summed E-state index contributed by atoms with van der Waals surface area (Å²) in [6.45, 7) is 4.18. The summed E-state index contributed by atoms with van der Waals surface area (Å²) in [4.78, 5) is 0. The number of halogens is 1. The second kappa shape index (κ2) is 7.48. The Morgan fingerprint density at radius 3 is 2.38 bits per heavy atom. The summed E-state index contributed by atoms with van der Waals surface area (Å²) < 4.78 is 6.25. The van der Waals surface area contributed by atoms with E-state index in [1.54, 1.807) is 0 Å². The molecule has 0 bridgehead atoms. The van der Waals surface area contributed by atoms with Gasteiger partial charge in [-0.15, -0.1) is 0 Å². The highest BCUT2D eigenvalue weighted by atomic mass is 35.5. The zero-order valence-corrected chi connectivity index (χ0v) is 13.3. The van der Waals surface area contributed by atoms with Gasteiger partial charge in [-0.1, -0.05) is 61.8 Å². The molecule has 0 aliphatic rings. The van der Waals surface area contributed by atoms with Gasteiger partial charge in [-0.2, -0.15) is 0 Å². The van der Waals surface area contributed by atoms with Crippen molar-refractivity contribution >= 4 is 11.6 Å². The maximum absolute atomic E-state index is 6.32. The molecule has 2 N–H and O–H groups in total. The van der Waals surface area contributed by atoms with Gasteiger partial charge in [0.05, 0.1) is 0 Å². The Labute approximate surface area is 131 Å². The Kier molecular flexibility index (Phi) is 5.66. The lowest BCUT2D eigenvalue weighted by molar-refractivity contribution is 0.169. The van der Waals surface area contributed by atoms with Crippen molar-refractivity contribution in [2.75, 3.05) is 0 Å².